The van der Waals surface area contributed by atoms with Crippen LogP contribution >= 0.6 is 0 Å². The molecule has 1 aromatic carbocycles. The topological polar surface area (TPSA) is 111 Å². The second-order valence-corrected chi connectivity index (χ2v) is 4.33. The summed E-state index contributed by atoms with van der Waals surface area (Å²) in [5.74, 6) is -0.336. The summed E-state index contributed by atoms with van der Waals surface area (Å²) in [7, 11) is 0. The van der Waals surface area contributed by atoms with Crippen molar-refractivity contribution >= 4 is 17.7 Å². The zero-order valence-electron chi connectivity index (χ0n) is 11.8. The van der Waals surface area contributed by atoms with E-state index in [1.54, 1.807) is 6.07 Å². The molecule has 1 rings (SSSR count). The molecule has 7 heteroatoms. The molecular formula is C15H14N4O3. The summed E-state index contributed by atoms with van der Waals surface area (Å²) in [5.41, 5.74) is 0.475. The van der Waals surface area contributed by atoms with Gasteiger partial charge in [-0.2, -0.15) is 10.5 Å². The van der Waals surface area contributed by atoms with Crippen LogP contribution in [-0.4, -0.2) is 28.8 Å². The van der Waals surface area contributed by atoms with E-state index in [0.717, 1.165) is 0 Å². The molecule has 0 N–H and O–H groups in total. The molecule has 0 spiro atoms. The second-order valence-electron chi connectivity index (χ2n) is 4.33. The predicted octanol–water partition coefficient (Wildman–Crippen LogP) is 2.26. The highest BCUT2D eigenvalue weighted by Gasteiger charge is 2.10. The monoisotopic (exact) mass is 298 g/mol. The van der Waals surface area contributed by atoms with Gasteiger partial charge >= 0.3 is 0 Å². The van der Waals surface area contributed by atoms with Crippen molar-refractivity contribution in [3.05, 3.63) is 46.0 Å². The molecule has 1 amide bonds. The maximum Gasteiger partial charge on any atom is 0.270 e. The number of nitriles is 2. The fourth-order valence-electron chi connectivity index (χ4n) is 1.72. The first-order valence-corrected chi connectivity index (χ1v) is 6.54. The number of carbonyl (C=O) groups is 1. The zero-order valence-corrected chi connectivity index (χ0v) is 11.8. The van der Waals surface area contributed by atoms with Gasteiger partial charge in [-0.3, -0.25) is 14.9 Å². The molecule has 0 aliphatic rings. The standard InChI is InChI=1S/C15H14N4O3/c16-8-2-10-18(11-3-9-17)15(20)7-6-13-4-1-5-14(12-13)19(21)22/h1,4-7,12H,2-3,10-11H2/b7-6+. The quantitative estimate of drug-likeness (QED) is 0.435. The van der Waals surface area contributed by atoms with Gasteiger partial charge in [-0.15, -0.1) is 0 Å². The molecule has 0 heterocycles. The molecule has 0 aliphatic heterocycles. The van der Waals surface area contributed by atoms with Crippen molar-refractivity contribution in [3.8, 4) is 12.1 Å². The highest BCUT2D eigenvalue weighted by Crippen LogP contribution is 2.14. The van der Waals surface area contributed by atoms with Gasteiger partial charge in [0.05, 0.1) is 29.9 Å². The molecule has 22 heavy (non-hydrogen) atoms. The molecule has 0 saturated carbocycles. The molecule has 1 aromatic rings. The number of benzene rings is 1. The Labute approximate surface area is 127 Å². The Kier molecular flexibility index (Phi) is 6.80. The Morgan fingerprint density at radius 3 is 2.45 bits per heavy atom. The molecule has 0 aliphatic carbocycles. The van der Waals surface area contributed by atoms with Crippen LogP contribution in [0.3, 0.4) is 0 Å². The summed E-state index contributed by atoms with van der Waals surface area (Å²) in [6.45, 7) is 0.493. The number of non-ortho nitro benzene ring substituents is 1. The number of nitrogens with zero attached hydrogens (tertiary/aromatic N) is 4. The van der Waals surface area contributed by atoms with Gasteiger partial charge in [-0.1, -0.05) is 12.1 Å². The van der Waals surface area contributed by atoms with Crippen LogP contribution in [0.15, 0.2) is 30.3 Å². The molecular weight excluding hydrogens is 284 g/mol. The molecule has 112 valence electrons. The predicted molar refractivity (Wildman–Crippen MR) is 79.2 cm³/mol. The Morgan fingerprint density at radius 2 is 1.91 bits per heavy atom. The van der Waals surface area contributed by atoms with Crippen LogP contribution in [0.4, 0.5) is 5.69 Å². The third kappa shape index (κ3) is 5.43. The Hall–Kier alpha value is -3.19. The average molecular weight is 298 g/mol. The maximum absolute atomic E-state index is 12.0. The number of nitro groups is 1. The summed E-state index contributed by atoms with van der Waals surface area (Å²) in [4.78, 5) is 23.6. The van der Waals surface area contributed by atoms with Gasteiger partial charge in [0.25, 0.3) is 5.69 Å². The van der Waals surface area contributed by atoms with Crippen LogP contribution in [0, 0.1) is 32.8 Å². The molecule has 0 aromatic heterocycles. The SMILES string of the molecule is N#CCCN(CCC#N)C(=O)/C=C/c1cccc([N+](=O)[O-])c1. The number of rotatable bonds is 7. The fraction of sp³-hybridized carbons (Fsp3) is 0.267. The van der Waals surface area contributed by atoms with Crippen LogP contribution in [0.1, 0.15) is 18.4 Å². The van der Waals surface area contributed by atoms with Crippen LogP contribution in [0.2, 0.25) is 0 Å². The highest BCUT2D eigenvalue weighted by molar-refractivity contribution is 5.91. The summed E-state index contributed by atoms with van der Waals surface area (Å²) >= 11 is 0. The van der Waals surface area contributed by atoms with Crippen molar-refractivity contribution in [3.63, 3.8) is 0 Å². The number of amides is 1. The van der Waals surface area contributed by atoms with E-state index in [4.69, 9.17) is 10.5 Å². The Bertz CT molecular complexity index is 637. The van der Waals surface area contributed by atoms with E-state index in [9.17, 15) is 14.9 Å². The number of hydrogen-bond acceptors (Lipinski definition) is 5. The first-order valence-electron chi connectivity index (χ1n) is 6.54. The van der Waals surface area contributed by atoms with E-state index in [1.807, 2.05) is 12.1 Å². The van der Waals surface area contributed by atoms with Gasteiger partial charge in [0.1, 0.15) is 0 Å². The van der Waals surface area contributed by atoms with E-state index < -0.39 is 4.92 Å². The first kappa shape index (κ1) is 16.9. The van der Waals surface area contributed by atoms with Crippen molar-refractivity contribution in [2.24, 2.45) is 0 Å². The van der Waals surface area contributed by atoms with E-state index in [0.29, 0.717) is 5.56 Å². The number of nitro benzene ring substituents is 1. The van der Waals surface area contributed by atoms with E-state index >= 15 is 0 Å². The normalized spacial score (nSPS) is 9.91. The van der Waals surface area contributed by atoms with Gasteiger partial charge in [0.15, 0.2) is 0 Å². The van der Waals surface area contributed by atoms with Crippen LogP contribution in [0.5, 0.6) is 0 Å². The smallest absolute Gasteiger partial charge is 0.270 e. The minimum absolute atomic E-state index is 0.0552. The minimum Gasteiger partial charge on any atom is -0.337 e. The van der Waals surface area contributed by atoms with Gasteiger partial charge in [-0.05, 0) is 11.6 Å². The summed E-state index contributed by atoms with van der Waals surface area (Å²) in [6.07, 6.45) is 3.12. The van der Waals surface area contributed by atoms with Crippen molar-refractivity contribution in [2.45, 2.75) is 12.8 Å². The van der Waals surface area contributed by atoms with Gasteiger partial charge in [-0.25, -0.2) is 0 Å². The lowest BCUT2D eigenvalue weighted by Gasteiger charge is -2.18. The molecule has 0 radical (unpaired) electrons. The maximum atomic E-state index is 12.0. The third-order valence-corrected chi connectivity index (χ3v) is 2.80. The van der Waals surface area contributed by atoms with Gasteiger partial charge in [0.2, 0.25) is 5.91 Å². The van der Waals surface area contributed by atoms with Crippen LogP contribution in [0.25, 0.3) is 6.08 Å². The second kappa shape index (κ2) is 8.88. The Balaban J connectivity index is 2.79. The third-order valence-electron chi connectivity index (χ3n) is 2.80. The summed E-state index contributed by atoms with van der Waals surface area (Å²) < 4.78 is 0. The van der Waals surface area contributed by atoms with Gasteiger partial charge < -0.3 is 4.90 Å². The van der Waals surface area contributed by atoms with Crippen LogP contribution in [-0.2, 0) is 4.79 Å². The summed E-state index contributed by atoms with van der Waals surface area (Å²) in [6, 6.07) is 9.80. The summed E-state index contributed by atoms with van der Waals surface area (Å²) in [5, 5.41) is 27.8. The van der Waals surface area contributed by atoms with Crippen molar-refractivity contribution in [1.82, 2.24) is 4.90 Å². The minimum atomic E-state index is -0.509. The molecule has 0 atom stereocenters. The van der Waals surface area contributed by atoms with E-state index in [2.05, 4.69) is 0 Å². The lowest BCUT2D eigenvalue weighted by Crippen LogP contribution is -2.31. The van der Waals surface area contributed by atoms with E-state index in [-0.39, 0.29) is 37.5 Å². The fourth-order valence-corrected chi connectivity index (χ4v) is 1.72. The molecule has 0 bridgehead atoms. The lowest BCUT2D eigenvalue weighted by molar-refractivity contribution is -0.384. The van der Waals surface area contributed by atoms with Crippen LogP contribution < -0.4 is 0 Å². The van der Waals surface area contributed by atoms with Crippen molar-refractivity contribution in [2.75, 3.05) is 13.1 Å². The Morgan fingerprint density at radius 1 is 1.27 bits per heavy atom. The molecule has 0 saturated heterocycles. The lowest BCUT2D eigenvalue weighted by atomic mass is 10.2. The highest BCUT2D eigenvalue weighted by atomic mass is 16.6. The van der Waals surface area contributed by atoms with Crippen molar-refractivity contribution in [1.29, 1.82) is 10.5 Å². The number of hydrogen-bond donors (Lipinski definition) is 0. The largest absolute Gasteiger partial charge is 0.337 e. The first-order chi connectivity index (χ1) is 10.6. The molecule has 7 nitrogen and oxygen atoms in total. The molecule has 0 fully saturated rings. The molecule has 0 unspecified atom stereocenters. The zero-order chi connectivity index (χ0) is 16.4. The van der Waals surface area contributed by atoms with Crippen molar-refractivity contribution < 1.29 is 9.72 Å². The average Bonchev–Trinajstić information content (AvgIpc) is 2.53. The number of carbonyl (C=O) groups excluding carboxylic acids is 1. The van der Waals surface area contributed by atoms with Gasteiger partial charge in [0, 0.05) is 31.3 Å². The van der Waals surface area contributed by atoms with E-state index in [1.165, 1.54) is 35.3 Å².